The third-order valence-electron chi connectivity index (χ3n) is 4.52. The van der Waals surface area contributed by atoms with E-state index < -0.39 is 6.04 Å². The summed E-state index contributed by atoms with van der Waals surface area (Å²) in [6.07, 6.45) is 2.42. The maximum Gasteiger partial charge on any atom is 0.256 e. The summed E-state index contributed by atoms with van der Waals surface area (Å²) in [5, 5.41) is 3.80. The molecule has 4 rings (SSSR count). The van der Waals surface area contributed by atoms with Crippen LogP contribution in [0.15, 0.2) is 57.7 Å². The first-order chi connectivity index (χ1) is 14.2. The number of nitrogens with zero attached hydrogens (tertiary/aromatic N) is 2. The van der Waals surface area contributed by atoms with Crippen molar-refractivity contribution in [2.45, 2.75) is 31.3 Å². The minimum atomic E-state index is -0.452. The van der Waals surface area contributed by atoms with Crippen molar-refractivity contribution in [2.24, 2.45) is 0 Å². The molecule has 0 saturated carbocycles. The molecule has 0 spiro atoms. The van der Waals surface area contributed by atoms with Crippen molar-refractivity contribution in [2.75, 3.05) is 0 Å². The van der Waals surface area contributed by atoms with Gasteiger partial charge in [-0.15, -0.1) is 0 Å². The lowest BCUT2D eigenvalue weighted by atomic mass is 10.0. The average Bonchev–Trinajstić information content (AvgIpc) is 3.52. The maximum absolute atomic E-state index is 12.3. The second-order valence-corrected chi connectivity index (χ2v) is 6.57. The highest BCUT2D eigenvalue weighted by Gasteiger charge is 2.30. The van der Waals surface area contributed by atoms with Crippen LogP contribution in [0.5, 0.6) is 0 Å². The van der Waals surface area contributed by atoms with Crippen molar-refractivity contribution < 1.29 is 18.5 Å². The molecule has 4 N–H and O–H groups in total. The Morgan fingerprint density at radius 2 is 1.97 bits per heavy atom. The number of hydrogen-bond donors (Lipinski definition) is 4. The molecule has 2 amide bonds. The van der Waals surface area contributed by atoms with Gasteiger partial charge in [0, 0.05) is 18.9 Å². The van der Waals surface area contributed by atoms with Crippen molar-refractivity contribution in [1.82, 2.24) is 31.8 Å². The summed E-state index contributed by atoms with van der Waals surface area (Å²) in [5.74, 6) is 0.448. The van der Waals surface area contributed by atoms with E-state index in [2.05, 4.69) is 31.8 Å². The summed E-state index contributed by atoms with van der Waals surface area (Å²) in [6.45, 7) is 0. The molecule has 0 radical (unpaired) electrons. The number of nitrogens with one attached hydrogen (secondary N) is 4. The fraction of sp³-hybridized carbons (Fsp3) is 0.263. The highest BCUT2D eigenvalue weighted by molar-refractivity contribution is 5.85. The van der Waals surface area contributed by atoms with Crippen molar-refractivity contribution >= 4 is 11.8 Å². The van der Waals surface area contributed by atoms with Crippen molar-refractivity contribution in [3.8, 4) is 11.6 Å². The van der Waals surface area contributed by atoms with Crippen molar-refractivity contribution in [1.29, 1.82) is 0 Å². The predicted molar refractivity (Wildman–Crippen MR) is 100 cm³/mol. The van der Waals surface area contributed by atoms with E-state index in [0.29, 0.717) is 23.9 Å². The van der Waals surface area contributed by atoms with Gasteiger partial charge in [0.05, 0.1) is 6.26 Å². The molecular weight excluding hydrogens is 376 g/mol. The van der Waals surface area contributed by atoms with Crippen LogP contribution in [0.1, 0.15) is 30.3 Å². The van der Waals surface area contributed by atoms with E-state index in [0.717, 1.165) is 5.56 Å². The van der Waals surface area contributed by atoms with Gasteiger partial charge in [0.2, 0.25) is 17.6 Å². The zero-order valence-corrected chi connectivity index (χ0v) is 15.4. The Labute approximate surface area is 166 Å². The van der Waals surface area contributed by atoms with Crippen LogP contribution >= 0.6 is 0 Å². The summed E-state index contributed by atoms with van der Waals surface area (Å²) in [5.41, 5.74) is 12.0. The number of benzene rings is 1. The first-order valence-electron chi connectivity index (χ1n) is 9.20. The van der Waals surface area contributed by atoms with Gasteiger partial charge in [-0.05, 0) is 24.1 Å². The third kappa shape index (κ3) is 4.68. The molecule has 1 saturated heterocycles. The van der Waals surface area contributed by atoms with E-state index in [9.17, 15) is 9.59 Å². The molecule has 1 fully saturated rings. The summed E-state index contributed by atoms with van der Waals surface area (Å²) < 4.78 is 10.3. The Kier molecular flexibility index (Phi) is 5.63. The fourth-order valence-electron chi connectivity index (χ4n) is 3.00. The number of amides is 2. The van der Waals surface area contributed by atoms with E-state index in [1.54, 1.807) is 12.1 Å². The van der Waals surface area contributed by atoms with Gasteiger partial charge in [0.25, 0.3) is 5.91 Å². The van der Waals surface area contributed by atoms with E-state index in [1.807, 2.05) is 30.3 Å². The first-order valence-corrected chi connectivity index (χ1v) is 9.20. The fourth-order valence-corrected chi connectivity index (χ4v) is 3.00. The minimum absolute atomic E-state index is 0.0311. The zero-order valence-electron chi connectivity index (χ0n) is 15.4. The Morgan fingerprint density at radius 3 is 2.76 bits per heavy atom. The van der Waals surface area contributed by atoms with Crippen LogP contribution in [0, 0.1) is 0 Å². The SMILES string of the molecule is O=C(CCc1nc(-c2ccco2)no1)NNC(=O)C1CC(c2ccccc2)NN1. The molecule has 150 valence electrons. The van der Waals surface area contributed by atoms with E-state index in [-0.39, 0.29) is 30.7 Å². The molecule has 10 heteroatoms. The highest BCUT2D eigenvalue weighted by Crippen LogP contribution is 2.21. The quantitative estimate of drug-likeness (QED) is 0.454. The number of carbonyl (C=O) groups is 2. The van der Waals surface area contributed by atoms with E-state index in [1.165, 1.54) is 6.26 Å². The monoisotopic (exact) mass is 396 g/mol. The second kappa shape index (κ2) is 8.67. The van der Waals surface area contributed by atoms with Gasteiger partial charge in [-0.3, -0.25) is 20.4 Å². The van der Waals surface area contributed by atoms with E-state index in [4.69, 9.17) is 8.94 Å². The number of hydrogen-bond acceptors (Lipinski definition) is 8. The molecule has 2 unspecified atom stereocenters. The first kappa shape index (κ1) is 18.8. The van der Waals surface area contributed by atoms with Gasteiger partial charge in [-0.2, -0.15) is 4.98 Å². The average molecular weight is 396 g/mol. The largest absolute Gasteiger partial charge is 0.461 e. The van der Waals surface area contributed by atoms with Crippen LogP contribution in [0.2, 0.25) is 0 Å². The Morgan fingerprint density at radius 1 is 1.10 bits per heavy atom. The van der Waals surface area contributed by atoms with Gasteiger partial charge < -0.3 is 8.94 Å². The molecule has 10 nitrogen and oxygen atoms in total. The Hall–Kier alpha value is -3.50. The van der Waals surface area contributed by atoms with Crippen LogP contribution in [0.3, 0.4) is 0 Å². The van der Waals surface area contributed by atoms with Gasteiger partial charge in [0.15, 0.2) is 5.76 Å². The lowest BCUT2D eigenvalue weighted by molar-refractivity contribution is -0.129. The summed E-state index contributed by atoms with van der Waals surface area (Å²) in [6, 6.07) is 12.8. The van der Waals surface area contributed by atoms with Crippen LogP contribution < -0.4 is 21.7 Å². The van der Waals surface area contributed by atoms with Gasteiger partial charge in [-0.25, -0.2) is 10.9 Å². The molecule has 2 atom stereocenters. The molecule has 0 bridgehead atoms. The standard InChI is InChI=1S/C19H20N6O4/c26-16(8-9-17-20-18(25-29-17)15-7-4-10-28-15)23-24-19(27)14-11-13(21-22-14)12-5-2-1-3-6-12/h1-7,10,13-14,21-22H,8-9,11H2,(H,23,26)(H,24,27). The Bertz CT molecular complexity index is 956. The number of hydrazine groups is 2. The Balaban J connectivity index is 1.19. The summed E-state index contributed by atoms with van der Waals surface area (Å²) in [7, 11) is 0. The lowest BCUT2D eigenvalue weighted by Gasteiger charge is -2.11. The molecule has 29 heavy (non-hydrogen) atoms. The number of carbonyl (C=O) groups excluding carboxylic acids is 2. The molecule has 3 aromatic rings. The topological polar surface area (TPSA) is 134 Å². The molecule has 2 aromatic heterocycles. The van der Waals surface area contributed by atoms with Gasteiger partial charge in [0.1, 0.15) is 6.04 Å². The van der Waals surface area contributed by atoms with Crippen LogP contribution in [-0.4, -0.2) is 28.0 Å². The second-order valence-electron chi connectivity index (χ2n) is 6.57. The molecule has 3 heterocycles. The normalized spacial score (nSPS) is 18.5. The number of rotatable bonds is 6. The third-order valence-corrected chi connectivity index (χ3v) is 4.52. The van der Waals surface area contributed by atoms with Crippen molar-refractivity contribution in [3.63, 3.8) is 0 Å². The van der Waals surface area contributed by atoms with Gasteiger partial charge in [-0.1, -0.05) is 35.5 Å². The number of aryl methyl sites for hydroxylation is 1. The summed E-state index contributed by atoms with van der Waals surface area (Å²) >= 11 is 0. The zero-order chi connectivity index (χ0) is 20.1. The van der Waals surface area contributed by atoms with Crippen LogP contribution in [0.25, 0.3) is 11.6 Å². The molecular formula is C19H20N6O4. The van der Waals surface area contributed by atoms with Crippen molar-refractivity contribution in [3.05, 3.63) is 60.2 Å². The van der Waals surface area contributed by atoms with Crippen LogP contribution in [-0.2, 0) is 16.0 Å². The molecule has 1 aliphatic rings. The smallest absolute Gasteiger partial charge is 0.256 e. The minimum Gasteiger partial charge on any atom is -0.461 e. The molecule has 0 aliphatic carbocycles. The lowest BCUT2D eigenvalue weighted by Crippen LogP contribution is -2.50. The molecule has 1 aromatic carbocycles. The highest BCUT2D eigenvalue weighted by atomic mass is 16.5. The van der Waals surface area contributed by atoms with Crippen LogP contribution in [0.4, 0.5) is 0 Å². The number of aromatic nitrogens is 2. The number of furan rings is 1. The maximum atomic E-state index is 12.3. The van der Waals surface area contributed by atoms with E-state index >= 15 is 0 Å². The predicted octanol–water partition coefficient (Wildman–Crippen LogP) is 1.02. The molecule has 1 aliphatic heterocycles. The van der Waals surface area contributed by atoms with Gasteiger partial charge >= 0.3 is 0 Å². The summed E-state index contributed by atoms with van der Waals surface area (Å²) in [4.78, 5) is 28.4.